The SMILES string of the molecule is CC(=O)O[CH]Oc1ccc(F)cc1. The molecule has 13 heavy (non-hydrogen) atoms. The number of benzene rings is 1. The topological polar surface area (TPSA) is 35.5 Å². The lowest BCUT2D eigenvalue weighted by atomic mass is 10.3. The first-order chi connectivity index (χ1) is 6.18. The Hall–Kier alpha value is -1.58. The number of carbonyl (C=O) groups excluding carboxylic acids is 1. The Morgan fingerprint density at radius 2 is 2.00 bits per heavy atom. The second-order valence-corrected chi connectivity index (χ2v) is 2.28. The molecule has 0 aliphatic carbocycles. The molecule has 0 unspecified atom stereocenters. The second kappa shape index (κ2) is 4.45. The van der Waals surface area contributed by atoms with Crippen molar-refractivity contribution in [1.82, 2.24) is 0 Å². The molecule has 0 saturated carbocycles. The van der Waals surface area contributed by atoms with Crippen molar-refractivity contribution in [3.8, 4) is 5.75 Å². The fourth-order valence-electron chi connectivity index (χ4n) is 0.661. The van der Waals surface area contributed by atoms with Crippen LogP contribution in [0.25, 0.3) is 0 Å². The number of rotatable bonds is 3. The zero-order valence-electron chi connectivity index (χ0n) is 6.99. The maximum atomic E-state index is 12.4. The van der Waals surface area contributed by atoms with Crippen LogP contribution in [0.2, 0.25) is 0 Å². The molecule has 0 amide bonds. The normalized spacial score (nSPS) is 9.38. The van der Waals surface area contributed by atoms with E-state index >= 15 is 0 Å². The molecule has 3 nitrogen and oxygen atoms in total. The highest BCUT2D eigenvalue weighted by Crippen LogP contribution is 2.11. The summed E-state index contributed by atoms with van der Waals surface area (Å²) >= 11 is 0. The maximum absolute atomic E-state index is 12.4. The van der Waals surface area contributed by atoms with E-state index in [1.54, 1.807) is 0 Å². The van der Waals surface area contributed by atoms with Crippen molar-refractivity contribution in [3.63, 3.8) is 0 Å². The lowest BCUT2D eigenvalue weighted by molar-refractivity contribution is -0.141. The largest absolute Gasteiger partial charge is 0.448 e. The van der Waals surface area contributed by atoms with Crippen LogP contribution < -0.4 is 4.74 Å². The Labute approximate surface area is 75.1 Å². The van der Waals surface area contributed by atoms with Crippen LogP contribution >= 0.6 is 0 Å². The summed E-state index contributed by atoms with van der Waals surface area (Å²) in [5.74, 6) is -0.412. The van der Waals surface area contributed by atoms with Crippen LogP contribution in [-0.4, -0.2) is 5.97 Å². The molecule has 1 radical (unpaired) electrons. The van der Waals surface area contributed by atoms with Gasteiger partial charge in [0.15, 0.2) is 0 Å². The average Bonchev–Trinajstić information content (AvgIpc) is 2.08. The van der Waals surface area contributed by atoms with Crippen molar-refractivity contribution < 1.29 is 18.7 Å². The van der Waals surface area contributed by atoms with E-state index in [0.29, 0.717) is 5.75 Å². The molecule has 0 fully saturated rings. The monoisotopic (exact) mass is 183 g/mol. The van der Waals surface area contributed by atoms with Gasteiger partial charge in [-0.05, 0) is 24.3 Å². The number of hydrogen-bond acceptors (Lipinski definition) is 3. The Kier molecular flexibility index (Phi) is 3.25. The van der Waals surface area contributed by atoms with Crippen molar-refractivity contribution >= 4 is 5.97 Å². The number of ether oxygens (including phenoxy) is 2. The van der Waals surface area contributed by atoms with Gasteiger partial charge in [-0.15, -0.1) is 0 Å². The van der Waals surface area contributed by atoms with Crippen molar-refractivity contribution in [2.45, 2.75) is 6.92 Å². The number of esters is 1. The standard InChI is InChI=1S/C9H8FO3/c1-7(11)12-6-13-9-4-2-8(10)3-5-9/h2-6H,1H3. The van der Waals surface area contributed by atoms with Gasteiger partial charge in [0.05, 0.1) is 0 Å². The molecule has 4 heteroatoms. The van der Waals surface area contributed by atoms with Crippen molar-refractivity contribution in [3.05, 3.63) is 36.9 Å². The zero-order chi connectivity index (χ0) is 9.68. The summed E-state index contributed by atoms with van der Waals surface area (Å²) in [6, 6.07) is 5.35. The minimum absolute atomic E-state index is 0.347. The third-order valence-corrected chi connectivity index (χ3v) is 1.21. The Balaban J connectivity index is 2.37. The molecule has 0 aliphatic rings. The van der Waals surface area contributed by atoms with Crippen molar-refractivity contribution in [2.24, 2.45) is 0 Å². The molecule has 0 spiro atoms. The van der Waals surface area contributed by atoms with E-state index in [9.17, 15) is 9.18 Å². The quantitative estimate of drug-likeness (QED) is 0.671. The lowest BCUT2D eigenvalue weighted by Gasteiger charge is -2.03. The zero-order valence-corrected chi connectivity index (χ0v) is 6.99. The van der Waals surface area contributed by atoms with Crippen LogP contribution in [0.4, 0.5) is 4.39 Å². The van der Waals surface area contributed by atoms with E-state index in [0.717, 1.165) is 6.79 Å². The summed E-state index contributed by atoms with van der Waals surface area (Å²) in [7, 11) is 0. The lowest BCUT2D eigenvalue weighted by Crippen LogP contribution is -2.00. The highest BCUT2D eigenvalue weighted by molar-refractivity contribution is 5.66. The molecule has 0 heterocycles. The second-order valence-electron chi connectivity index (χ2n) is 2.28. The molecule has 69 valence electrons. The highest BCUT2D eigenvalue weighted by atomic mass is 19.1. The van der Waals surface area contributed by atoms with Crippen LogP contribution in [0.5, 0.6) is 5.75 Å². The molecular weight excluding hydrogens is 175 g/mol. The fraction of sp³-hybridized carbons (Fsp3) is 0.111. The third-order valence-electron chi connectivity index (χ3n) is 1.21. The molecule has 0 bridgehead atoms. The summed E-state index contributed by atoms with van der Waals surface area (Å²) in [5, 5.41) is 0. The Bertz CT molecular complexity index is 281. The first-order valence-corrected chi connectivity index (χ1v) is 3.59. The minimum Gasteiger partial charge on any atom is -0.448 e. The number of carbonyl (C=O) groups is 1. The van der Waals surface area contributed by atoms with E-state index in [1.807, 2.05) is 0 Å². The van der Waals surface area contributed by atoms with Gasteiger partial charge in [-0.25, -0.2) is 4.39 Å². The number of halogens is 1. The van der Waals surface area contributed by atoms with Gasteiger partial charge in [0, 0.05) is 6.92 Å². The molecule has 1 aromatic rings. The fourth-order valence-corrected chi connectivity index (χ4v) is 0.661. The predicted molar refractivity (Wildman–Crippen MR) is 43.1 cm³/mol. The molecule has 0 aromatic heterocycles. The Morgan fingerprint density at radius 3 is 2.54 bits per heavy atom. The summed E-state index contributed by atoms with van der Waals surface area (Å²) in [6.07, 6.45) is 0. The van der Waals surface area contributed by atoms with Gasteiger partial charge in [-0.1, -0.05) is 0 Å². The molecule has 0 N–H and O–H groups in total. The van der Waals surface area contributed by atoms with E-state index in [2.05, 4.69) is 4.74 Å². The van der Waals surface area contributed by atoms with Gasteiger partial charge < -0.3 is 9.47 Å². The van der Waals surface area contributed by atoms with Crippen molar-refractivity contribution in [1.29, 1.82) is 0 Å². The Morgan fingerprint density at radius 1 is 1.38 bits per heavy atom. The average molecular weight is 183 g/mol. The van der Waals surface area contributed by atoms with Gasteiger partial charge in [0.2, 0.25) is 0 Å². The molecule has 0 saturated heterocycles. The summed E-state index contributed by atoms with van der Waals surface area (Å²) < 4.78 is 21.6. The first-order valence-electron chi connectivity index (χ1n) is 3.59. The maximum Gasteiger partial charge on any atom is 0.318 e. The number of hydrogen-bond donors (Lipinski definition) is 0. The molecule has 0 aliphatic heterocycles. The van der Waals surface area contributed by atoms with Gasteiger partial charge in [0.25, 0.3) is 0 Å². The summed E-state index contributed by atoms with van der Waals surface area (Å²) in [5.41, 5.74) is 0. The smallest absolute Gasteiger partial charge is 0.318 e. The van der Waals surface area contributed by atoms with Crippen LogP contribution in [0.15, 0.2) is 24.3 Å². The van der Waals surface area contributed by atoms with Crippen LogP contribution in [0, 0.1) is 12.6 Å². The highest BCUT2D eigenvalue weighted by Gasteiger charge is 1.96. The molecule has 1 aromatic carbocycles. The first kappa shape index (κ1) is 9.51. The molecular formula is C9H8FO3. The molecule has 1 rings (SSSR count). The third kappa shape index (κ3) is 3.55. The predicted octanol–water partition coefficient (Wildman–Crippen LogP) is 1.89. The summed E-state index contributed by atoms with van der Waals surface area (Å²) in [6.45, 7) is 2.15. The minimum atomic E-state index is -0.470. The van der Waals surface area contributed by atoms with E-state index < -0.39 is 5.97 Å². The van der Waals surface area contributed by atoms with Gasteiger partial charge in [-0.3, -0.25) is 4.79 Å². The van der Waals surface area contributed by atoms with Crippen molar-refractivity contribution in [2.75, 3.05) is 0 Å². The van der Waals surface area contributed by atoms with Gasteiger partial charge >= 0.3 is 12.8 Å². The summed E-state index contributed by atoms with van der Waals surface area (Å²) in [4.78, 5) is 10.3. The van der Waals surface area contributed by atoms with Crippen LogP contribution in [0.3, 0.4) is 0 Å². The van der Waals surface area contributed by atoms with E-state index in [4.69, 9.17) is 4.74 Å². The van der Waals surface area contributed by atoms with Crippen LogP contribution in [-0.2, 0) is 9.53 Å². The van der Waals surface area contributed by atoms with Crippen LogP contribution in [0.1, 0.15) is 6.92 Å². The van der Waals surface area contributed by atoms with Gasteiger partial charge in [-0.2, -0.15) is 0 Å². The van der Waals surface area contributed by atoms with Gasteiger partial charge in [0.1, 0.15) is 11.6 Å². The van der Waals surface area contributed by atoms with E-state index in [1.165, 1.54) is 31.2 Å². The van der Waals surface area contributed by atoms with E-state index in [-0.39, 0.29) is 5.82 Å². The molecule has 0 atom stereocenters.